The molecule has 1 fully saturated rings. The van der Waals surface area contributed by atoms with Gasteiger partial charge in [0.25, 0.3) is 0 Å². The second-order valence-corrected chi connectivity index (χ2v) is 3.81. The Morgan fingerprint density at radius 1 is 1.33 bits per heavy atom. The van der Waals surface area contributed by atoms with Gasteiger partial charge in [0.2, 0.25) is 0 Å². The van der Waals surface area contributed by atoms with Crippen LogP contribution in [0.4, 0.5) is 0 Å². The molecule has 0 amide bonds. The third kappa shape index (κ3) is 1.70. The Hall–Kier alpha value is -0.750. The molecular formula is C11H11Cl. The van der Waals surface area contributed by atoms with Gasteiger partial charge < -0.3 is 0 Å². The van der Waals surface area contributed by atoms with Gasteiger partial charge in [-0.05, 0) is 30.0 Å². The number of halogens is 1. The first kappa shape index (κ1) is 7.88. The molecule has 1 aliphatic rings. The summed E-state index contributed by atoms with van der Waals surface area (Å²) in [6.07, 6.45) is 3.52. The molecule has 12 heavy (non-hydrogen) atoms. The first-order chi connectivity index (χ1) is 5.75. The molecule has 0 N–H and O–H groups in total. The van der Waals surface area contributed by atoms with E-state index in [0.717, 1.165) is 10.9 Å². The molecular weight excluding hydrogens is 168 g/mol. The van der Waals surface area contributed by atoms with E-state index in [1.807, 2.05) is 12.1 Å². The Morgan fingerprint density at radius 2 is 1.92 bits per heavy atom. The normalized spacial score (nSPS) is 24.5. The molecule has 0 saturated heterocycles. The van der Waals surface area contributed by atoms with Crippen LogP contribution in [0.5, 0.6) is 0 Å². The van der Waals surface area contributed by atoms with Gasteiger partial charge in [0.15, 0.2) is 0 Å². The fraction of sp³-hybridized carbons (Fsp3) is 0.273. The van der Waals surface area contributed by atoms with Crippen molar-refractivity contribution in [3.8, 4) is 0 Å². The summed E-state index contributed by atoms with van der Waals surface area (Å²) in [7, 11) is 0. The highest BCUT2D eigenvalue weighted by molar-refractivity contribution is 6.30. The Morgan fingerprint density at radius 3 is 2.42 bits per heavy atom. The zero-order valence-corrected chi connectivity index (χ0v) is 7.81. The molecule has 1 aromatic carbocycles. The summed E-state index contributed by atoms with van der Waals surface area (Å²) >= 11 is 5.77. The van der Waals surface area contributed by atoms with Crippen LogP contribution in [0.1, 0.15) is 18.9 Å². The number of rotatable bonds is 1. The Labute approximate surface area is 77.9 Å². The van der Waals surface area contributed by atoms with Crippen LogP contribution >= 0.6 is 11.6 Å². The lowest BCUT2D eigenvalue weighted by molar-refractivity contribution is 1.02. The van der Waals surface area contributed by atoms with Crippen molar-refractivity contribution in [3.05, 3.63) is 40.4 Å². The topological polar surface area (TPSA) is 0 Å². The summed E-state index contributed by atoms with van der Waals surface area (Å²) in [5.41, 5.74) is 2.82. The minimum Gasteiger partial charge on any atom is -0.0843 e. The first-order valence-electron chi connectivity index (χ1n) is 4.22. The second-order valence-electron chi connectivity index (χ2n) is 3.38. The maximum Gasteiger partial charge on any atom is 0.0406 e. The Bertz CT molecular complexity index is 308. The predicted molar refractivity (Wildman–Crippen MR) is 53.2 cm³/mol. The molecule has 1 unspecified atom stereocenters. The van der Waals surface area contributed by atoms with Gasteiger partial charge in [0.1, 0.15) is 0 Å². The maximum absolute atomic E-state index is 5.77. The van der Waals surface area contributed by atoms with E-state index in [1.54, 1.807) is 5.57 Å². The van der Waals surface area contributed by atoms with E-state index in [-0.39, 0.29) is 0 Å². The summed E-state index contributed by atoms with van der Waals surface area (Å²) in [4.78, 5) is 0. The third-order valence-electron chi connectivity index (χ3n) is 2.24. The van der Waals surface area contributed by atoms with Gasteiger partial charge in [-0.2, -0.15) is 0 Å². The molecule has 0 aliphatic heterocycles. The number of allylic oxidation sites excluding steroid dienone is 1. The fourth-order valence-electron chi connectivity index (χ4n) is 1.27. The second kappa shape index (κ2) is 2.95. The van der Waals surface area contributed by atoms with Gasteiger partial charge in [-0.25, -0.2) is 0 Å². The number of benzene rings is 1. The average Bonchev–Trinajstić information content (AvgIpc) is 2.72. The van der Waals surface area contributed by atoms with E-state index < -0.39 is 0 Å². The van der Waals surface area contributed by atoms with Crippen molar-refractivity contribution >= 4 is 17.7 Å². The molecule has 0 radical (unpaired) electrons. The van der Waals surface area contributed by atoms with Crippen LogP contribution in [0.3, 0.4) is 0 Å². The zero-order chi connectivity index (χ0) is 8.55. The van der Waals surface area contributed by atoms with Crippen LogP contribution in [-0.2, 0) is 0 Å². The van der Waals surface area contributed by atoms with Crippen LogP contribution < -0.4 is 0 Å². The summed E-state index contributed by atoms with van der Waals surface area (Å²) in [5, 5.41) is 0.806. The molecule has 0 aromatic heterocycles. The van der Waals surface area contributed by atoms with E-state index in [4.69, 9.17) is 11.6 Å². The van der Waals surface area contributed by atoms with E-state index in [2.05, 4.69) is 25.1 Å². The standard InChI is InChI=1S/C11H11Cl/c1-8-6-10(8)7-9-2-4-11(12)5-3-9/h2-5,7-8H,6H2,1H3. The largest absolute Gasteiger partial charge is 0.0843 e. The highest BCUT2D eigenvalue weighted by Gasteiger charge is 2.23. The molecule has 0 heterocycles. The van der Waals surface area contributed by atoms with Gasteiger partial charge in [0, 0.05) is 5.02 Å². The monoisotopic (exact) mass is 178 g/mol. The molecule has 1 saturated carbocycles. The van der Waals surface area contributed by atoms with Crippen molar-refractivity contribution in [1.29, 1.82) is 0 Å². The first-order valence-corrected chi connectivity index (χ1v) is 4.59. The van der Waals surface area contributed by atoms with Crippen molar-refractivity contribution < 1.29 is 0 Å². The lowest BCUT2D eigenvalue weighted by atomic mass is 10.2. The lowest BCUT2D eigenvalue weighted by Gasteiger charge is -1.91. The van der Waals surface area contributed by atoms with Crippen LogP contribution in [0.25, 0.3) is 6.08 Å². The van der Waals surface area contributed by atoms with Gasteiger partial charge in [-0.15, -0.1) is 0 Å². The van der Waals surface area contributed by atoms with Crippen molar-refractivity contribution in [2.24, 2.45) is 5.92 Å². The Kier molecular flexibility index (Phi) is 1.93. The summed E-state index contributed by atoms with van der Waals surface area (Å²) in [6, 6.07) is 7.97. The van der Waals surface area contributed by atoms with Crippen LogP contribution in [-0.4, -0.2) is 0 Å². The van der Waals surface area contributed by atoms with E-state index in [0.29, 0.717) is 0 Å². The van der Waals surface area contributed by atoms with Crippen molar-refractivity contribution in [2.45, 2.75) is 13.3 Å². The molecule has 0 bridgehead atoms. The van der Waals surface area contributed by atoms with E-state index >= 15 is 0 Å². The third-order valence-corrected chi connectivity index (χ3v) is 2.49. The lowest BCUT2D eigenvalue weighted by Crippen LogP contribution is -1.69. The SMILES string of the molecule is CC1CC1=Cc1ccc(Cl)cc1. The summed E-state index contributed by atoms with van der Waals surface area (Å²) in [6.45, 7) is 2.25. The van der Waals surface area contributed by atoms with Gasteiger partial charge in [0.05, 0.1) is 0 Å². The smallest absolute Gasteiger partial charge is 0.0406 e. The van der Waals surface area contributed by atoms with Crippen molar-refractivity contribution in [1.82, 2.24) is 0 Å². The highest BCUT2D eigenvalue weighted by atomic mass is 35.5. The van der Waals surface area contributed by atoms with E-state index in [1.165, 1.54) is 12.0 Å². The molecule has 2 rings (SSSR count). The molecule has 1 aromatic rings. The quantitative estimate of drug-likeness (QED) is 0.614. The molecule has 0 nitrogen and oxygen atoms in total. The van der Waals surface area contributed by atoms with Crippen LogP contribution in [0.2, 0.25) is 5.02 Å². The van der Waals surface area contributed by atoms with Gasteiger partial charge in [-0.3, -0.25) is 0 Å². The highest BCUT2D eigenvalue weighted by Crippen LogP contribution is 2.38. The fourth-order valence-corrected chi connectivity index (χ4v) is 1.39. The minimum absolute atomic E-state index is 0.806. The van der Waals surface area contributed by atoms with Crippen LogP contribution in [0, 0.1) is 5.92 Å². The summed E-state index contributed by atoms with van der Waals surface area (Å²) < 4.78 is 0. The number of hydrogen-bond acceptors (Lipinski definition) is 0. The predicted octanol–water partition coefficient (Wildman–Crippen LogP) is 3.76. The molecule has 1 heteroatoms. The van der Waals surface area contributed by atoms with Crippen molar-refractivity contribution in [2.75, 3.05) is 0 Å². The van der Waals surface area contributed by atoms with Gasteiger partial charge in [-0.1, -0.05) is 42.3 Å². The molecule has 1 aliphatic carbocycles. The Balaban J connectivity index is 2.20. The molecule has 62 valence electrons. The van der Waals surface area contributed by atoms with Gasteiger partial charge >= 0.3 is 0 Å². The summed E-state index contributed by atoms with van der Waals surface area (Å²) in [5.74, 6) is 0.806. The number of hydrogen-bond donors (Lipinski definition) is 0. The van der Waals surface area contributed by atoms with E-state index in [9.17, 15) is 0 Å². The maximum atomic E-state index is 5.77. The van der Waals surface area contributed by atoms with Crippen molar-refractivity contribution in [3.63, 3.8) is 0 Å². The molecule has 0 spiro atoms. The van der Waals surface area contributed by atoms with Crippen LogP contribution in [0.15, 0.2) is 29.8 Å². The molecule has 1 atom stereocenters. The average molecular weight is 179 g/mol. The minimum atomic E-state index is 0.806. The zero-order valence-electron chi connectivity index (χ0n) is 7.05.